The van der Waals surface area contributed by atoms with Crippen LogP contribution in [0.25, 0.3) is 0 Å². The molecule has 1 aromatic rings. The highest BCUT2D eigenvalue weighted by Crippen LogP contribution is 2.56. The van der Waals surface area contributed by atoms with Crippen LogP contribution in [0, 0.1) is 11.3 Å². The highest BCUT2D eigenvalue weighted by Gasteiger charge is 2.49. The molecule has 1 aromatic carbocycles. The van der Waals surface area contributed by atoms with Gasteiger partial charge in [-0.15, -0.1) is 0 Å². The van der Waals surface area contributed by atoms with Crippen molar-refractivity contribution in [2.75, 3.05) is 0 Å². The van der Waals surface area contributed by atoms with E-state index in [1.54, 1.807) is 0 Å². The number of benzene rings is 1. The number of rotatable bonds is 4. The van der Waals surface area contributed by atoms with Crippen LogP contribution in [-0.2, 0) is 5.41 Å². The van der Waals surface area contributed by atoms with E-state index in [0.29, 0.717) is 11.3 Å². The van der Waals surface area contributed by atoms with E-state index in [9.17, 15) is 0 Å². The number of hydrogen-bond donors (Lipinski definition) is 1. The van der Waals surface area contributed by atoms with Crippen LogP contribution >= 0.6 is 0 Å². The summed E-state index contributed by atoms with van der Waals surface area (Å²) in [4.78, 5) is 0. The Kier molecular flexibility index (Phi) is 3.31. The minimum atomic E-state index is 0.207. The van der Waals surface area contributed by atoms with E-state index < -0.39 is 0 Å². The fourth-order valence-corrected chi connectivity index (χ4v) is 2.71. The fraction of sp³-hybridized carbons (Fsp3) is 0.647. The molecular weight excluding hydrogens is 218 g/mol. The normalized spacial score (nSPS) is 23.8. The van der Waals surface area contributed by atoms with E-state index >= 15 is 0 Å². The van der Waals surface area contributed by atoms with Gasteiger partial charge in [0.05, 0.1) is 0 Å². The van der Waals surface area contributed by atoms with E-state index in [2.05, 4.69) is 58.9 Å². The van der Waals surface area contributed by atoms with Crippen molar-refractivity contribution >= 4 is 0 Å². The van der Waals surface area contributed by atoms with Crippen LogP contribution in [0.5, 0.6) is 0 Å². The molecule has 2 N–H and O–H groups in total. The average molecular weight is 245 g/mol. The molecule has 1 aliphatic carbocycles. The second-order valence-corrected chi connectivity index (χ2v) is 7.18. The molecule has 0 heterocycles. The minimum Gasteiger partial charge on any atom is -0.324 e. The van der Waals surface area contributed by atoms with Crippen LogP contribution < -0.4 is 5.73 Å². The molecule has 0 amide bonds. The summed E-state index contributed by atoms with van der Waals surface area (Å²) in [7, 11) is 0. The van der Waals surface area contributed by atoms with E-state index in [1.807, 2.05) is 0 Å². The zero-order valence-corrected chi connectivity index (χ0v) is 12.5. The molecule has 2 atom stereocenters. The monoisotopic (exact) mass is 245 g/mol. The molecule has 1 fully saturated rings. The Hall–Kier alpha value is -0.820. The van der Waals surface area contributed by atoms with Gasteiger partial charge < -0.3 is 5.73 Å². The average Bonchev–Trinajstić information content (AvgIpc) is 2.98. The van der Waals surface area contributed by atoms with Gasteiger partial charge in [0, 0.05) is 6.04 Å². The Bertz CT molecular complexity index is 414. The molecule has 0 bridgehead atoms. The molecule has 100 valence electrons. The van der Waals surface area contributed by atoms with Gasteiger partial charge in [0.15, 0.2) is 0 Å². The van der Waals surface area contributed by atoms with Crippen LogP contribution in [0.15, 0.2) is 24.3 Å². The third kappa shape index (κ3) is 2.47. The largest absolute Gasteiger partial charge is 0.324 e. The third-order valence-electron chi connectivity index (χ3n) is 4.98. The molecule has 0 aromatic heterocycles. The molecule has 18 heavy (non-hydrogen) atoms. The summed E-state index contributed by atoms with van der Waals surface area (Å²) in [5, 5.41) is 0. The van der Waals surface area contributed by atoms with Crippen molar-refractivity contribution in [3.63, 3.8) is 0 Å². The predicted molar refractivity (Wildman–Crippen MR) is 78.6 cm³/mol. The lowest BCUT2D eigenvalue weighted by atomic mass is 9.81. The van der Waals surface area contributed by atoms with Crippen molar-refractivity contribution in [3.05, 3.63) is 35.4 Å². The first-order chi connectivity index (χ1) is 8.28. The van der Waals surface area contributed by atoms with Crippen LogP contribution in [0.1, 0.15) is 64.6 Å². The van der Waals surface area contributed by atoms with Gasteiger partial charge in [0.2, 0.25) is 0 Å². The minimum absolute atomic E-state index is 0.207. The number of hydrogen-bond acceptors (Lipinski definition) is 1. The molecule has 0 radical (unpaired) electrons. The zero-order valence-electron chi connectivity index (χ0n) is 12.5. The van der Waals surface area contributed by atoms with E-state index in [-0.39, 0.29) is 11.5 Å². The van der Waals surface area contributed by atoms with Gasteiger partial charge in [0.1, 0.15) is 0 Å². The summed E-state index contributed by atoms with van der Waals surface area (Å²) >= 11 is 0. The van der Waals surface area contributed by atoms with Crippen molar-refractivity contribution in [1.29, 1.82) is 0 Å². The van der Waals surface area contributed by atoms with Gasteiger partial charge in [-0.05, 0) is 40.7 Å². The summed E-state index contributed by atoms with van der Waals surface area (Å²) in [5.74, 6) is 0.655. The molecule has 1 nitrogen and oxygen atoms in total. The maximum atomic E-state index is 6.37. The first kappa shape index (κ1) is 13.6. The zero-order chi connectivity index (χ0) is 13.6. The van der Waals surface area contributed by atoms with E-state index in [0.717, 1.165) is 6.42 Å². The van der Waals surface area contributed by atoms with Crippen LogP contribution in [-0.4, -0.2) is 0 Å². The maximum absolute atomic E-state index is 6.37. The Morgan fingerprint density at radius 3 is 2.17 bits per heavy atom. The van der Waals surface area contributed by atoms with Crippen LogP contribution in [0.3, 0.4) is 0 Å². The maximum Gasteiger partial charge on any atom is 0.0328 e. The summed E-state index contributed by atoms with van der Waals surface area (Å²) in [6, 6.07) is 9.18. The van der Waals surface area contributed by atoms with Gasteiger partial charge in [-0.25, -0.2) is 0 Å². The lowest BCUT2D eigenvalue weighted by Crippen LogP contribution is -2.18. The topological polar surface area (TPSA) is 26.0 Å². The van der Waals surface area contributed by atoms with Gasteiger partial charge in [-0.2, -0.15) is 0 Å². The smallest absolute Gasteiger partial charge is 0.0328 e. The third-order valence-corrected chi connectivity index (χ3v) is 4.98. The molecular formula is C17H27N. The lowest BCUT2D eigenvalue weighted by Gasteiger charge is -2.24. The van der Waals surface area contributed by atoms with Crippen LogP contribution in [0.2, 0.25) is 0 Å². The molecule has 1 aliphatic rings. The first-order valence-corrected chi connectivity index (χ1v) is 7.14. The summed E-state index contributed by atoms with van der Waals surface area (Å²) in [6.45, 7) is 11.5. The highest BCUT2D eigenvalue weighted by molar-refractivity contribution is 5.31. The van der Waals surface area contributed by atoms with Gasteiger partial charge >= 0.3 is 0 Å². The summed E-state index contributed by atoms with van der Waals surface area (Å²) in [6.07, 6.45) is 2.42. The highest BCUT2D eigenvalue weighted by atomic mass is 14.7. The standard InChI is InChI=1S/C17H27N/c1-6-16(2,3)13-9-7-12(8-10-13)15(18)14-11-17(14,4)5/h7-10,14-15H,6,11,18H2,1-5H3. The Labute approximate surface area is 112 Å². The first-order valence-electron chi connectivity index (χ1n) is 7.14. The van der Waals surface area contributed by atoms with Crippen molar-refractivity contribution in [1.82, 2.24) is 0 Å². The summed E-state index contributed by atoms with van der Waals surface area (Å²) < 4.78 is 0. The van der Waals surface area contributed by atoms with Crippen molar-refractivity contribution in [2.24, 2.45) is 17.1 Å². The van der Waals surface area contributed by atoms with Crippen molar-refractivity contribution in [3.8, 4) is 0 Å². The van der Waals surface area contributed by atoms with Gasteiger partial charge in [-0.1, -0.05) is 58.9 Å². The Morgan fingerprint density at radius 1 is 1.28 bits per heavy atom. The predicted octanol–water partition coefficient (Wildman–Crippen LogP) is 4.42. The SMILES string of the molecule is CCC(C)(C)c1ccc(C(N)C2CC2(C)C)cc1. The quantitative estimate of drug-likeness (QED) is 0.835. The second kappa shape index (κ2) is 4.38. The molecule has 1 saturated carbocycles. The van der Waals surface area contributed by atoms with Crippen molar-refractivity contribution in [2.45, 2.75) is 58.9 Å². The molecule has 0 aliphatic heterocycles. The van der Waals surface area contributed by atoms with Crippen LogP contribution in [0.4, 0.5) is 0 Å². The Balaban J connectivity index is 2.13. The van der Waals surface area contributed by atoms with E-state index in [1.165, 1.54) is 17.5 Å². The van der Waals surface area contributed by atoms with E-state index in [4.69, 9.17) is 5.73 Å². The second-order valence-electron chi connectivity index (χ2n) is 7.18. The molecule has 1 heteroatoms. The Morgan fingerprint density at radius 2 is 1.78 bits per heavy atom. The van der Waals surface area contributed by atoms with Gasteiger partial charge in [0.25, 0.3) is 0 Å². The summed E-state index contributed by atoms with van der Waals surface area (Å²) in [5.41, 5.74) is 9.78. The number of nitrogens with two attached hydrogens (primary N) is 1. The van der Waals surface area contributed by atoms with Crippen molar-refractivity contribution < 1.29 is 0 Å². The lowest BCUT2D eigenvalue weighted by molar-refractivity contribution is 0.489. The molecule has 0 spiro atoms. The van der Waals surface area contributed by atoms with Gasteiger partial charge in [-0.3, -0.25) is 0 Å². The fourth-order valence-electron chi connectivity index (χ4n) is 2.71. The molecule has 2 rings (SSSR count). The molecule has 0 saturated heterocycles. The molecule has 2 unspecified atom stereocenters.